The van der Waals surface area contributed by atoms with Gasteiger partial charge in [-0.2, -0.15) is 10.4 Å². The molecule has 2 N–H and O–H groups in total. The monoisotopic (exact) mass is 440 g/mol. The molecule has 3 heterocycles. The molecule has 0 amide bonds. The van der Waals surface area contributed by atoms with Gasteiger partial charge in [-0.1, -0.05) is 29.8 Å². The van der Waals surface area contributed by atoms with Crippen molar-refractivity contribution in [1.82, 2.24) is 20.0 Å². The SMILES string of the molecule is CN1CCN(CC2=C(C#N)C(c3ccccc3Cl)c3cn[nH]c3N2)CC1.Cl.Cl. The summed E-state index contributed by atoms with van der Waals surface area (Å²) in [6.07, 6.45) is 1.78. The van der Waals surface area contributed by atoms with Gasteiger partial charge >= 0.3 is 0 Å². The average Bonchev–Trinajstić information content (AvgIpc) is 3.11. The number of halogens is 3. The second-order valence-electron chi connectivity index (χ2n) is 6.86. The molecule has 0 radical (unpaired) electrons. The normalized spacial score (nSPS) is 19.7. The van der Waals surface area contributed by atoms with Crippen LogP contribution in [0.15, 0.2) is 41.7 Å². The highest BCUT2D eigenvalue weighted by molar-refractivity contribution is 6.31. The molecule has 0 spiro atoms. The number of aromatic nitrogens is 2. The first-order valence-electron chi connectivity index (χ1n) is 8.76. The van der Waals surface area contributed by atoms with Gasteiger partial charge in [0, 0.05) is 49.0 Å². The highest BCUT2D eigenvalue weighted by atomic mass is 35.5. The summed E-state index contributed by atoms with van der Waals surface area (Å²) in [6.45, 7) is 4.78. The molecule has 1 atom stereocenters. The van der Waals surface area contributed by atoms with E-state index in [1.165, 1.54) is 0 Å². The molecule has 28 heavy (non-hydrogen) atoms. The zero-order valence-corrected chi connectivity index (χ0v) is 17.9. The lowest BCUT2D eigenvalue weighted by Crippen LogP contribution is -2.45. The van der Waals surface area contributed by atoms with Crippen LogP contribution in [0.2, 0.25) is 5.02 Å². The predicted octanol–water partition coefficient (Wildman–Crippen LogP) is 3.49. The maximum absolute atomic E-state index is 9.97. The van der Waals surface area contributed by atoms with Gasteiger partial charge in [-0.15, -0.1) is 24.8 Å². The number of hydrogen-bond acceptors (Lipinski definition) is 5. The standard InChI is InChI=1S/C19H21ClN6.2ClH/c1-25-6-8-26(9-7-25)12-17-14(10-21)18(13-4-2-3-5-16(13)20)15-11-22-24-19(15)23-17;;/h2-5,11,18H,6-9,12H2,1H3,(H2,22,23,24);2*1H. The first-order chi connectivity index (χ1) is 12.7. The molecule has 150 valence electrons. The zero-order valence-electron chi connectivity index (χ0n) is 15.5. The fraction of sp³-hybridized carbons (Fsp3) is 0.368. The van der Waals surface area contributed by atoms with Crippen molar-refractivity contribution in [1.29, 1.82) is 5.26 Å². The van der Waals surface area contributed by atoms with Crippen LogP contribution in [0.1, 0.15) is 17.0 Å². The third-order valence-electron chi connectivity index (χ3n) is 5.18. The number of aromatic amines is 1. The number of rotatable bonds is 3. The van der Waals surface area contributed by atoms with Crippen LogP contribution in [0.4, 0.5) is 5.82 Å². The summed E-state index contributed by atoms with van der Waals surface area (Å²) in [7, 11) is 2.14. The summed E-state index contributed by atoms with van der Waals surface area (Å²) in [5.41, 5.74) is 3.53. The quantitative estimate of drug-likeness (QED) is 0.763. The summed E-state index contributed by atoms with van der Waals surface area (Å²) >= 11 is 6.47. The maximum atomic E-state index is 9.97. The number of nitrogens with one attached hydrogen (secondary N) is 2. The van der Waals surface area contributed by atoms with Crippen LogP contribution >= 0.6 is 36.4 Å². The molecule has 0 aliphatic carbocycles. The van der Waals surface area contributed by atoms with E-state index in [4.69, 9.17) is 11.6 Å². The van der Waals surface area contributed by atoms with Gasteiger partial charge in [-0.3, -0.25) is 10.00 Å². The molecule has 2 aliphatic heterocycles. The molecule has 1 unspecified atom stereocenters. The molecular formula is C19H23Cl3N6. The molecule has 6 nitrogen and oxygen atoms in total. The van der Waals surface area contributed by atoms with E-state index in [0.717, 1.165) is 55.4 Å². The highest BCUT2D eigenvalue weighted by Crippen LogP contribution is 2.42. The Kier molecular flexibility index (Phi) is 7.76. The third kappa shape index (κ3) is 4.29. The lowest BCUT2D eigenvalue weighted by molar-refractivity contribution is 0.164. The van der Waals surface area contributed by atoms with Crippen molar-refractivity contribution in [3.63, 3.8) is 0 Å². The van der Waals surface area contributed by atoms with Crippen LogP contribution in [0.5, 0.6) is 0 Å². The average molecular weight is 442 g/mol. The molecule has 9 heteroatoms. The molecule has 0 saturated carbocycles. The number of benzene rings is 1. The van der Waals surface area contributed by atoms with Crippen LogP contribution < -0.4 is 5.32 Å². The summed E-state index contributed by atoms with van der Waals surface area (Å²) in [6, 6.07) is 10.2. The molecule has 2 aliphatic rings. The molecule has 1 aromatic heterocycles. The number of allylic oxidation sites excluding steroid dienone is 1. The first-order valence-corrected chi connectivity index (χ1v) is 9.14. The van der Waals surface area contributed by atoms with Crippen LogP contribution in [-0.2, 0) is 0 Å². The molecule has 4 rings (SSSR count). The van der Waals surface area contributed by atoms with Gasteiger partial charge in [-0.05, 0) is 18.7 Å². The van der Waals surface area contributed by atoms with E-state index in [2.05, 4.69) is 38.4 Å². The van der Waals surface area contributed by atoms with Crippen LogP contribution in [0.25, 0.3) is 0 Å². The number of hydrogen-bond donors (Lipinski definition) is 2. The van der Waals surface area contributed by atoms with Gasteiger partial charge in [0.25, 0.3) is 0 Å². The largest absolute Gasteiger partial charge is 0.342 e. The third-order valence-corrected chi connectivity index (χ3v) is 5.53. The van der Waals surface area contributed by atoms with Crippen molar-refractivity contribution in [3.8, 4) is 6.07 Å². The first kappa shape index (κ1) is 22.5. The van der Waals surface area contributed by atoms with Gasteiger partial charge in [0.2, 0.25) is 0 Å². The second kappa shape index (κ2) is 9.64. The Morgan fingerprint density at radius 2 is 1.89 bits per heavy atom. The minimum atomic E-state index is -0.203. The van der Waals surface area contributed by atoms with Gasteiger partial charge in [0.1, 0.15) is 5.82 Å². The van der Waals surface area contributed by atoms with Crippen molar-refractivity contribution >= 4 is 42.2 Å². The van der Waals surface area contributed by atoms with Crippen LogP contribution in [0, 0.1) is 11.3 Å². The fourth-order valence-corrected chi connectivity index (χ4v) is 3.93. The molecule has 1 saturated heterocycles. The Hall–Kier alpha value is -1.75. The molecule has 1 fully saturated rings. The minimum Gasteiger partial charge on any atom is -0.342 e. The van der Waals surface area contributed by atoms with E-state index >= 15 is 0 Å². The molecule has 2 aromatic rings. The van der Waals surface area contributed by atoms with Gasteiger partial charge in [-0.25, -0.2) is 0 Å². The Balaban J connectivity index is 0.00000140. The smallest absolute Gasteiger partial charge is 0.129 e. The van der Waals surface area contributed by atoms with Crippen LogP contribution in [0.3, 0.4) is 0 Å². The van der Waals surface area contributed by atoms with E-state index in [9.17, 15) is 5.26 Å². The summed E-state index contributed by atoms with van der Waals surface area (Å²) in [5.74, 6) is 0.643. The predicted molar refractivity (Wildman–Crippen MR) is 117 cm³/mol. The number of fused-ring (bicyclic) bond motifs is 1. The van der Waals surface area contributed by atoms with E-state index in [1.54, 1.807) is 6.20 Å². The Bertz CT molecular complexity index is 880. The van der Waals surface area contributed by atoms with Gasteiger partial charge in [0.15, 0.2) is 0 Å². The van der Waals surface area contributed by atoms with Crippen molar-refractivity contribution in [3.05, 3.63) is 57.9 Å². The Labute approximate surface area is 182 Å². The van der Waals surface area contributed by atoms with Gasteiger partial charge < -0.3 is 10.2 Å². The summed E-state index contributed by atoms with van der Waals surface area (Å²) in [5, 5.41) is 21.2. The number of H-pyrrole nitrogens is 1. The van der Waals surface area contributed by atoms with Crippen LogP contribution in [-0.4, -0.2) is 59.8 Å². The van der Waals surface area contributed by atoms with Crippen molar-refractivity contribution < 1.29 is 0 Å². The van der Waals surface area contributed by atoms with E-state index in [-0.39, 0.29) is 30.7 Å². The number of likely N-dealkylation sites (N-methyl/N-ethyl adjacent to an activating group) is 1. The minimum absolute atomic E-state index is 0. The number of piperazine rings is 1. The molecular weight excluding hydrogens is 419 g/mol. The Morgan fingerprint density at radius 1 is 1.18 bits per heavy atom. The van der Waals surface area contributed by atoms with E-state index < -0.39 is 0 Å². The highest BCUT2D eigenvalue weighted by Gasteiger charge is 2.33. The molecule has 1 aromatic carbocycles. The lowest BCUT2D eigenvalue weighted by Gasteiger charge is -2.35. The zero-order chi connectivity index (χ0) is 18.1. The number of anilines is 1. The topological polar surface area (TPSA) is 71.0 Å². The lowest BCUT2D eigenvalue weighted by atomic mass is 9.83. The van der Waals surface area contributed by atoms with Crippen molar-refractivity contribution in [2.45, 2.75) is 5.92 Å². The van der Waals surface area contributed by atoms with Crippen molar-refractivity contribution in [2.75, 3.05) is 45.1 Å². The fourth-order valence-electron chi connectivity index (χ4n) is 3.68. The number of nitriles is 1. The van der Waals surface area contributed by atoms with Gasteiger partial charge in [0.05, 0.1) is 23.8 Å². The van der Waals surface area contributed by atoms with E-state index in [0.29, 0.717) is 10.6 Å². The second-order valence-corrected chi connectivity index (χ2v) is 7.27. The van der Waals surface area contributed by atoms with Crippen molar-refractivity contribution in [2.24, 2.45) is 0 Å². The molecule has 0 bridgehead atoms. The maximum Gasteiger partial charge on any atom is 0.129 e. The Morgan fingerprint density at radius 3 is 2.57 bits per heavy atom. The summed E-state index contributed by atoms with van der Waals surface area (Å²) < 4.78 is 0. The number of nitrogens with zero attached hydrogens (tertiary/aromatic N) is 4. The van der Waals surface area contributed by atoms with E-state index in [1.807, 2.05) is 24.3 Å². The summed E-state index contributed by atoms with van der Waals surface area (Å²) in [4.78, 5) is 4.70.